The number of piperidine rings is 1. The molecular formula is C20H22BrN5O2. The summed E-state index contributed by atoms with van der Waals surface area (Å²) in [5, 5.41) is 12.5. The van der Waals surface area contributed by atoms with E-state index in [1.165, 1.54) is 6.42 Å². The fourth-order valence-electron chi connectivity index (χ4n) is 3.73. The molecule has 0 bridgehead atoms. The van der Waals surface area contributed by atoms with Gasteiger partial charge in [-0.3, -0.25) is 9.20 Å². The lowest BCUT2D eigenvalue weighted by molar-refractivity contribution is -0.120. The van der Waals surface area contributed by atoms with Crippen LogP contribution in [0.15, 0.2) is 41.0 Å². The van der Waals surface area contributed by atoms with Crippen LogP contribution in [0.2, 0.25) is 0 Å². The first-order chi connectivity index (χ1) is 13.7. The van der Waals surface area contributed by atoms with Crippen LogP contribution in [0.4, 0.5) is 5.95 Å². The van der Waals surface area contributed by atoms with E-state index in [-0.39, 0.29) is 0 Å². The summed E-state index contributed by atoms with van der Waals surface area (Å²) in [6.07, 6.45) is 4.26. The number of fused-ring (bicyclic) bond motifs is 1. The van der Waals surface area contributed by atoms with Crippen LogP contribution < -0.4 is 10.1 Å². The molecule has 3 aromatic rings. The van der Waals surface area contributed by atoms with Crippen LogP contribution in [0.3, 0.4) is 0 Å². The Balaban J connectivity index is 1.69. The molecule has 1 N–H and O–H groups in total. The zero-order valence-electron chi connectivity index (χ0n) is 15.6. The third kappa shape index (κ3) is 3.74. The topological polar surface area (TPSA) is 71.8 Å². The predicted molar refractivity (Wildman–Crippen MR) is 112 cm³/mol. The number of hydrogen-bond acceptors (Lipinski definition) is 6. The van der Waals surface area contributed by atoms with Crippen LogP contribution in [-0.4, -0.2) is 51.6 Å². The Morgan fingerprint density at radius 3 is 3.07 bits per heavy atom. The van der Waals surface area contributed by atoms with E-state index in [4.69, 9.17) is 4.74 Å². The molecule has 2 aromatic heterocycles. The lowest BCUT2D eigenvalue weighted by Gasteiger charge is -2.32. The van der Waals surface area contributed by atoms with Crippen molar-refractivity contribution in [2.45, 2.75) is 25.8 Å². The number of aromatic nitrogens is 3. The number of hydrogen-bond donors (Lipinski definition) is 1. The molecule has 1 saturated heterocycles. The smallest absolute Gasteiger partial charge is 0.298 e. The molecule has 3 heterocycles. The molecule has 7 nitrogen and oxygen atoms in total. The molecule has 0 unspecified atom stereocenters. The van der Waals surface area contributed by atoms with Crippen LogP contribution in [-0.2, 0) is 4.79 Å². The van der Waals surface area contributed by atoms with Crippen molar-refractivity contribution in [3.05, 3.63) is 41.0 Å². The van der Waals surface area contributed by atoms with Crippen molar-refractivity contribution in [2.75, 3.05) is 25.0 Å². The minimum atomic E-state index is 0.348. The first kappa shape index (κ1) is 18.9. The summed E-state index contributed by atoms with van der Waals surface area (Å²) in [7, 11) is 0. The van der Waals surface area contributed by atoms with Crippen LogP contribution in [0, 0.1) is 0 Å². The fraction of sp³-hybridized carbons (Fsp3) is 0.350. The van der Waals surface area contributed by atoms with Gasteiger partial charge in [0.2, 0.25) is 5.95 Å². The number of nitrogens with one attached hydrogen (secondary N) is 1. The van der Waals surface area contributed by atoms with Crippen molar-refractivity contribution in [2.24, 2.45) is 0 Å². The van der Waals surface area contributed by atoms with E-state index in [1.54, 1.807) is 6.07 Å². The Bertz CT molecular complexity index is 990. The van der Waals surface area contributed by atoms with Gasteiger partial charge in [-0.15, -0.1) is 10.2 Å². The quantitative estimate of drug-likeness (QED) is 0.586. The molecule has 0 radical (unpaired) electrons. The molecule has 1 aliphatic rings. The van der Waals surface area contributed by atoms with Gasteiger partial charge >= 0.3 is 0 Å². The van der Waals surface area contributed by atoms with Gasteiger partial charge in [-0.05, 0) is 56.3 Å². The van der Waals surface area contributed by atoms with Crippen LogP contribution >= 0.6 is 15.9 Å². The van der Waals surface area contributed by atoms with Gasteiger partial charge in [0.15, 0.2) is 0 Å². The van der Waals surface area contributed by atoms with Crippen LogP contribution in [0.5, 0.6) is 5.75 Å². The van der Waals surface area contributed by atoms with E-state index in [9.17, 15) is 4.79 Å². The monoisotopic (exact) mass is 443 g/mol. The van der Waals surface area contributed by atoms with Gasteiger partial charge in [0.05, 0.1) is 5.52 Å². The lowest BCUT2D eigenvalue weighted by atomic mass is 10.1. The van der Waals surface area contributed by atoms with E-state index in [2.05, 4.69) is 43.3 Å². The summed E-state index contributed by atoms with van der Waals surface area (Å²) in [5.74, 6) is 1.16. The molecule has 8 heteroatoms. The average Bonchev–Trinajstić information content (AvgIpc) is 3.20. The number of nitrogens with zero attached hydrogens (tertiary/aromatic N) is 4. The predicted octanol–water partition coefficient (Wildman–Crippen LogP) is 3.59. The molecule has 0 aliphatic carbocycles. The van der Waals surface area contributed by atoms with Gasteiger partial charge in [0.25, 0.3) is 6.47 Å². The van der Waals surface area contributed by atoms with Gasteiger partial charge in [-0.25, -0.2) is 0 Å². The van der Waals surface area contributed by atoms with Crippen molar-refractivity contribution in [3.8, 4) is 17.0 Å². The van der Waals surface area contributed by atoms with E-state index in [0.717, 1.165) is 42.0 Å². The lowest BCUT2D eigenvalue weighted by Crippen LogP contribution is -2.42. The number of ether oxygens (including phenoxy) is 1. The summed E-state index contributed by atoms with van der Waals surface area (Å²) >= 11 is 3.41. The first-order valence-electron chi connectivity index (χ1n) is 9.42. The molecule has 0 saturated carbocycles. The van der Waals surface area contributed by atoms with Crippen molar-refractivity contribution >= 4 is 33.9 Å². The highest BCUT2D eigenvalue weighted by atomic mass is 79.9. The maximum absolute atomic E-state index is 10.9. The molecule has 4 rings (SSSR count). The highest BCUT2D eigenvalue weighted by molar-refractivity contribution is 9.10. The Labute approximate surface area is 171 Å². The molecule has 28 heavy (non-hydrogen) atoms. The highest BCUT2D eigenvalue weighted by Gasteiger charge is 2.21. The van der Waals surface area contributed by atoms with Crippen molar-refractivity contribution < 1.29 is 9.53 Å². The van der Waals surface area contributed by atoms with Gasteiger partial charge in [0, 0.05) is 28.8 Å². The maximum atomic E-state index is 10.9. The first-order valence-corrected chi connectivity index (χ1v) is 10.2. The SMILES string of the molecule is CCN1CCC[C@@H](Nc2nnc(-c3ccc(Br)cc3OC=O)c3cccn23)C1. The average molecular weight is 444 g/mol. The maximum Gasteiger partial charge on any atom is 0.298 e. The molecule has 0 amide bonds. The number of carbonyl (C=O) groups excluding carboxylic acids is 1. The summed E-state index contributed by atoms with van der Waals surface area (Å²) in [5.41, 5.74) is 2.28. The van der Waals surface area contributed by atoms with E-state index in [0.29, 0.717) is 29.5 Å². The third-order valence-corrected chi connectivity index (χ3v) is 5.62. The molecule has 1 atom stereocenters. The van der Waals surface area contributed by atoms with E-state index < -0.39 is 0 Å². The second-order valence-corrected chi connectivity index (χ2v) is 7.78. The second-order valence-electron chi connectivity index (χ2n) is 6.87. The van der Waals surface area contributed by atoms with Crippen molar-refractivity contribution in [1.29, 1.82) is 0 Å². The van der Waals surface area contributed by atoms with Crippen molar-refractivity contribution in [3.63, 3.8) is 0 Å². The number of benzene rings is 1. The number of anilines is 1. The standard InChI is InChI=1S/C20H22BrN5O2/c1-2-25-9-3-5-15(12-25)22-20-24-23-19(17-6-4-10-26(17)20)16-8-7-14(21)11-18(16)28-13-27/h4,6-8,10-11,13,15H,2-3,5,9,12H2,1H3,(H,22,24)/t15-/m1/s1. The number of carbonyl (C=O) groups is 1. The summed E-state index contributed by atoms with van der Waals surface area (Å²) in [6.45, 7) is 5.84. The van der Waals surface area contributed by atoms with Crippen molar-refractivity contribution in [1.82, 2.24) is 19.5 Å². The third-order valence-electron chi connectivity index (χ3n) is 5.12. The van der Waals surface area contributed by atoms with Gasteiger partial charge in [0.1, 0.15) is 11.4 Å². The number of halogens is 1. The number of likely N-dealkylation sites (tertiary alicyclic amines) is 1. The largest absolute Gasteiger partial charge is 0.428 e. The minimum absolute atomic E-state index is 0.348. The molecule has 1 aliphatic heterocycles. The Hall–Kier alpha value is -2.45. The van der Waals surface area contributed by atoms with Gasteiger partial charge < -0.3 is 15.0 Å². The molecule has 1 aromatic carbocycles. The normalized spacial score (nSPS) is 17.6. The molecule has 0 spiro atoms. The zero-order chi connectivity index (χ0) is 19.5. The minimum Gasteiger partial charge on any atom is -0.428 e. The Morgan fingerprint density at radius 2 is 2.25 bits per heavy atom. The fourth-order valence-corrected chi connectivity index (χ4v) is 4.07. The Kier molecular flexibility index (Phi) is 5.59. The summed E-state index contributed by atoms with van der Waals surface area (Å²) in [4.78, 5) is 13.4. The van der Waals surface area contributed by atoms with Gasteiger partial charge in [-0.1, -0.05) is 22.9 Å². The summed E-state index contributed by atoms with van der Waals surface area (Å²) in [6, 6.07) is 9.81. The molecule has 1 fully saturated rings. The van der Waals surface area contributed by atoms with E-state index in [1.807, 2.05) is 34.9 Å². The van der Waals surface area contributed by atoms with Gasteiger partial charge in [-0.2, -0.15) is 0 Å². The summed E-state index contributed by atoms with van der Waals surface area (Å²) < 4.78 is 7.99. The number of likely N-dealkylation sites (N-methyl/N-ethyl adjacent to an activating group) is 1. The molecule has 146 valence electrons. The van der Waals surface area contributed by atoms with E-state index >= 15 is 0 Å². The highest BCUT2D eigenvalue weighted by Crippen LogP contribution is 2.34. The number of rotatable bonds is 6. The molecular weight excluding hydrogens is 422 g/mol. The van der Waals surface area contributed by atoms with Crippen LogP contribution in [0.1, 0.15) is 19.8 Å². The zero-order valence-corrected chi connectivity index (χ0v) is 17.2. The van der Waals surface area contributed by atoms with Crippen LogP contribution in [0.25, 0.3) is 16.8 Å². The second kappa shape index (κ2) is 8.28. The Morgan fingerprint density at radius 1 is 1.36 bits per heavy atom.